The quantitative estimate of drug-likeness (QED) is 0.143. The van der Waals surface area contributed by atoms with Gasteiger partial charge in [-0.15, -0.1) is 0 Å². The van der Waals surface area contributed by atoms with Gasteiger partial charge in [0.05, 0.1) is 12.6 Å². The summed E-state index contributed by atoms with van der Waals surface area (Å²) in [6.07, 6.45) is -9.48. The summed E-state index contributed by atoms with van der Waals surface area (Å²) in [7, 11) is 0. The van der Waals surface area contributed by atoms with Crippen LogP contribution in [0.5, 0.6) is 5.75 Å². The van der Waals surface area contributed by atoms with Gasteiger partial charge in [-0.25, -0.2) is 9.59 Å². The first-order chi connectivity index (χ1) is 14.9. The average Bonchev–Trinajstić information content (AvgIpc) is 2.67. The standard InChI is InChI=1S/C13H20N4O2.2C2HF3O2/c1-9(14)13(18)17-6-3-7-19-11-5-2-4-10(8-11)12(15)16;2*3-2(4,5)1(6)7/h2,4-5,8-9H,3,6-7,14H2,1H3,(H3,15,16)(H,17,18);2*(H,6,7)/t9-;;/m0../s1. The van der Waals surface area contributed by atoms with Crippen LogP contribution in [-0.4, -0.2) is 65.4 Å². The molecule has 0 saturated heterocycles. The number of alkyl halides is 6. The van der Waals surface area contributed by atoms with E-state index in [1.54, 1.807) is 31.2 Å². The van der Waals surface area contributed by atoms with Crippen LogP contribution in [0.25, 0.3) is 0 Å². The average molecular weight is 492 g/mol. The molecule has 1 atom stereocenters. The van der Waals surface area contributed by atoms with Crippen molar-refractivity contribution < 1.29 is 55.7 Å². The van der Waals surface area contributed by atoms with Crippen molar-refractivity contribution in [1.82, 2.24) is 5.32 Å². The van der Waals surface area contributed by atoms with E-state index in [9.17, 15) is 31.1 Å². The molecule has 0 aliphatic carbocycles. The van der Waals surface area contributed by atoms with Gasteiger partial charge in [0, 0.05) is 12.1 Å². The van der Waals surface area contributed by atoms with Crippen LogP contribution in [0.2, 0.25) is 0 Å². The number of nitrogens with one attached hydrogen (secondary N) is 2. The Morgan fingerprint density at radius 3 is 1.91 bits per heavy atom. The molecule has 0 aliphatic rings. The molecule has 0 bridgehead atoms. The number of nitrogen functional groups attached to an aromatic ring is 1. The first kappa shape index (κ1) is 31.6. The summed E-state index contributed by atoms with van der Waals surface area (Å²) in [5, 5.41) is 24.3. The first-order valence-corrected chi connectivity index (χ1v) is 8.60. The van der Waals surface area contributed by atoms with E-state index in [4.69, 9.17) is 41.4 Å². The highest BCUT2D eigenvalue weighted by Crippen LogP contribution is 2.14. The molecule has 1 aromatic rings. The van der Waals surface area contributed by atoms with Crippen molar-refractivity contribution in [3.63, 3.8) is 0 Å². The summed E-state index contributed by atoms with van der Waals surface area (Å²) < 4.78 is 69.0. The first-order valence-electron chi connectivity index (χ1n) is 8.60. The normalized spacial score (nSPS) is 11.5. The second-order valence-electron chi connectivity index (χ2n) is 5.83. The zero-order valence-electron chi connectivity index (χ0n) is 17.0. The maximum absolute atomic E-state index is 11.2. The Morgan fingerprint density at radius 2 is 1.55 bits per heavy atom. The van der Waals surface area contributed by atoms with E-state index in [-0.39, 0.29) is 11.7 Å². The summed E-state index contributed by atoms with van der Waals surface area (Å²) >= 11 is 0. The summed E-state index contributed by atoms with van der Waals surface area (Å²) in [6, 6.07) is 6.55. The smallest absolute Gasteiger partial charge is 0.490 e. The van der Waals surface area contributed by atoms with Crippen LogP contribution in [-0.2, 0) is 14.4 Å². The van der Waals surface area contributed by atoms with Gasteiger partial charge in [-0.2, -0.15) is 26.3 Å². The Balaban J connectivity index is 0. The zero-order chi connectivity index (χ0) is 26.4. The molecule has 188 valence electrons. The third kappa shape index (κ3) is 16.8. The Kier molecular flexibility index (Phi) is 13.9. The third-order valence-electron chi connectivity index (χ3n) is 2.93. The summed E-state index contributed by atoms with van der Waals surface area (Å²) in [4.78, 5) is 29.0. The topological polar surface area (TPSA) is 189 Å². The second-order valence-corrected chi connectivity index (χ2v) is 5.83. The molecule has 0 fully saturated rings. The van der Waals surface area contributed by atoms with Gasteiger partial charge in [0.1, 0.15) is 11.6 Å². The summed E-state index contributed by atoms with van der Waals surface area (Å²) in [6.45, 7) is 2.63. The van der Waals surface area contributed by atoms with Gasteiger partial charge in [-0.05, 0) is 25.5 Å². The number of aliphatic carboxylic acids is 2. The highest BCUT2D eigenvalue weighted by Gasteiger charge is 2.38. The molecule has 0 heterocycles. The minimum Gasteiger partial charge on any atom is -0.494 e. The van der Waals surface area contributed by atoms with Crippen molar-refractivity contribution in [3.05, 3.63) is 29.8 Å². The van der Waals surface area contributed by atoms with Crippen LogP contribution >= 0.6 is 0 Å². The predicted octanol–water partition coefficient (Wildman–Crippen LogP) is 1.47. The van der Waals surface area contributed by atoms with Gasteiger partial charge in [0.2, 0.25) is 5.91 Å². The van der Waals surface area contributed by atoms with Gasteiger partial charge in [0.15, 0.2) is 0 Å². The number of carbonyl (C=O) groups excluding carboxylic acids is 1. The third-order valence-corrected chi connectivity index (χ3v) is 2.93. The minimum absolute atomic E-state index is 0.00893. The van der Waals surface area contributed by atoms with Crippen molar-refractivity contribution in [2.24, 2.45) is 11.5 Å². The van der Waals surface area contributed by atoms with Gasteiger partial charge in [-0.3, -0.25) is 10.2 Å². The monoisotopic (exact) mass is 492 g/mol. The van der Waals surface area contributed by atoms with Crippen LogP contribution in [0.1, 0.15) is 18.9 Å². The molecule has 0 saturated carbocycles. The number of halogens is 6. The van der Waals surface area contributed by atoms with Crippen molar-refractivity contribution in [2.45, 2.75) is 31.7 Å². The lowest BCUT2D eigenvalue weighted by molar-refractivity contribution is -0.193. The van der Waals surface area contributed by atoms with Gasteiger partial charge in [0.25, 0.3) is 0 Å². The molecule has 10 nitrogen and oxygen atoms in total. The molecule has 1 rings (SSSR count). The summed E-state index contributed by atoms with van der Waals surface area (Å²) in [5.74, 6) is -5.01. The minimum atomic E-state index is -5.08. The highest BCUT2D eigenvalue weighted by atomic mass is 19.4. The maximum Gasteiger partial charge on any atom is 0.490 e. The van der Waals surface area contributed by atoms with E-state index in [2.05, 4.69) is 5.32 Å². The number of carboxylic acids is 2. The molecule has 0 radical (unpaired) electrons. The molecule has 33 heavy (non-hydrogen) atoms. The number of amides is 1. The van der Waals surface area contributed by atoms with Crippen molar-refractivity contribution >= 4 is 23.7 Å². The van der Waals surface area contributed by atoms with Crippen molar-refractivity contribution in [3.8, 4) is 5.75 Å². The summed E-state index contributed by atoms with van der Waals surface area (Å²) in [5.41, 5.74) is 11.4. The molecule has 0 unspecified atom stereocenters. The predicted molar refractivity (Wildman–Crippen MR) is 102 cm³/mol. The fraction of sp³-hybridized carbons (Fsp3) is 0.412. The molecule has 0 spiro atoms. The van der Waals surface area contributed by atoms with E-state index < -0.39 is 30.3 Å². The van der Waals surface area contributed by atoms with Gasteiger partial charge >= 0.3 is 24.3 Å². The largest absolute Gasteiger partial charge is 0.494 e. The Hall–Kier alpha value is -3.56. The SMILES string of the molecule is C[C@H](N)C(=O)NCCCOc1cccc(C(=N)N)c1.O=C(O)C(F)(F)F.O=C(O)C(F)(F)F. The molecule has 0 aliphatic heterocycles. The highest BCUT2D eigenvalue weighted by molar-refractivity contribution is 5.95. The fourth-order valence-corrected chi connectivity index (χ4v) is 1.39. The van der Waals surface area contributed by atoms with Gasteiger partial charge in [-0.1, -0.05) is 12.1 Å². The van der Waals surface area contributed by atoms with Crippen LogP contribution in [0.15, 0.2) is 24.3 Å². The number of amidine groups is 1. The lowest BCUT2D eigenvalue weighted by atomic mass is 10.2. The number of hydrogen-bond acceptors (Lipinski definition) is 6. The van der Waals surface area contributed by atoms with Crippen LogP contribution in [0.3, 0.4) is 0 Å². The number of ether oxygens (including phenoxy) is 1. The number of hydrogen-bond donors (Lipinski definition) is 6. The van der Waals surface area contributed by atoms with Crippen LogP contribution in [0.4, 0.5) is 26.3 Å². The molecule has 8 N–H and O–H groups in total. The maximum atomic E-state index is 11.2. The van der Waals surface area contributed by atoms with Crippen LogP contribution < -0.4 is 21.5 Å². The van der Waals surface area contributed by atoms with Crippen molar-refractivity contribution in [2.75, 3.05) is 13.2 Å². The van der Waals surface area contributed by atoms with E-state index >= 15 is 0 Å². The van der Waals surface area contributed by atoms with E-state index in [0.717, 1.165) is 0 Å². The fourth-order valence-electron chi connectivity index (χ4n) is 1.39. The Labute approximate surface area is 183 Å². The molecule has 1 aromatic carbocycles. The Morgan fingerprint density at radius 1 is 1.09 bits per heavy atom. The van der Waals surface area contributed by atoms with E-state index in [0.29, 0.717) is 30.9 Å². The van der Waals surface area contributed by atoms with E-state index in [1.807, 2.05) is 0 Å². The second kappa shape index (κ2) is 14.5. The zero-order valence-corrected chi connectivity index (χ0v) is 17.0. The number of nitrogens with two attached hydrogens (primary N) is 2. The number of carbonyl (C=O) groups is 3. The van der Waals surface area contributed by atoms with Crippen LogP contribution in [0, 0.1) is 5.41 Å². The molecule has 1 amide bonds. The van der Waals surface area contributed by atoms with Gasteiger partial charge < -0.3 is 31.7 Å². The number of carboxylic acid groups (broad SMARTS) is 2. The molecular formula is C17H22F6N4O6. The lowest BCUT2D eigenvalue weighted by Crippen LogP contribution is -2.38. The Bertz CT molecular complexity index is 775. The molecule has 16 heteroatoms. The number of benzene rings is 1. The molecular weight excluding hydrogens is 470 g/mol. The lowest BCUT2D eigenvalue weighted by Gasteiger charge is -2.09. The number of rotatable bonds is 7. The van der Waals surface area contributed by atoms with Crippen molar-refractivity contribution in [1.29, 1.82) is 5.41 Å². The van der Waals surface area contributed by atoms with E-state index in [1.165, 1.54) is 0 Å². The molecule has 0 aromatic heterocycles.